The number of rotatable bonds is 4. The van der Waals surface area contributed by atoms with Gasteiger partial charge in [-0.1, -0.05) is 23.4 Å². The van der Waals surface area contributed by atoms with E-state index in [0.29, 0.717) is 17.0 Å². The molecule has 0 aliphatic carbocycles. The fourth-order valence-corrected chi connectivity index (χ4v) is 2.48. The van der Waals surface area contributed by atoms with Gasteiger partial charge in [-0.15, -0.1) is 0 Å². The number of carbonyl (C=O) groups is 1. The summed E-state index contributed by atoms with van der Waals surface area (Å²) in [6.45, 7) is 3.29. The van der Waals surface area contributed by atoms with Gasteiger partial charge in [0.25, 0.3) is 11.8 Å². The van der Waals surface area contributed by atoms with Crippen molar-refractivity contribution in [1.82, 2.24) is 15.5 Å². The van der Waals surface area contributed by atoms with Gasteiger partial charge in [-0.3, -0.25) is 4.79 Å². The number of aryl methyl sites for hydroxylation is 1. The van der Waals surface area contributed by atoms with E-state index in [1.54, 1.807) is 38.1 Å². The lowest BCUT2D eigenvalue weighted by molar-refractivity contribution is 0.0939. The fraction of sp³-hybridized carbons (Fsp3) is 0.167. The van der Waals surface area contributed by atoms with Gasteiger partial charge in [0.1, 0.15) is 11.6 Å². The van der Waals surface area contributed by atoms with Crippen LogP contribution in [0.15, 0.2) is 47.0 Å². The number of nitrogens with zero attached hydrogens (tertiary/aromatic N) is 2. The maximum atomic E-state index is 13.9. The predicted octanol–water partition coefficient (Wildman–Crippen LogP) is 3.81. The van der Waals surface area contributed by atoms with Crippen LogP contribution in [0.5, 0.6) is 0 Å². The van der Waals surface area contributed by atoms with Gasteiger partial charge in [-0.05, 0) is 32.0 Å². The molecule has 0 bridgehead atoms. The van der Waals surface area contributed by atoms with Crippen molar-refractivity contribution >= 4 is 5.91 Å². The van der Waals surface area contributed by atoms with Gasteiger partial charge >= 0.3 is 0 Å². The summed E-state index contributed by atoms with van der Waals surface area (Å²) in [5.74, 6) is -1.14. The molecule has 1 unspecified atom stereocenters. The van der Waals surface area contributed by atoms with Crippen molar-refractivity contribution in [2.45, 2.75) is 19.9 Å². The van der Waals surface area contributed by atoms with E-state index in [1.165, 1.54) is 6.07 Å². The minimum atomic E-state index is -0.714. The molecular weight excluding hydrogens is 328 g/mol. The van der Waals surface area contributed by atoms with E-state index in [2.05, 4.69) is 15.5 Å². The molecule has 0 saturated carbocycles. The third-order valence-corrected chi connectivity index (χ3v) is 3.71. The maximum Gasteiger partial charge on any atom is 0.258 e. The van der Waals surface area contributed by atoms with Crippen LogP contribution in [0.1, 0.15) is 34.7 Å². The first-order chi connectivity index (χ1) is 12.0. The summed E-state index contributed by atoms with van der Waals surface area (Å²) in [6.07, 6.45) is 0. The van der Waals surface area contributed by atoms with E-state index in [4.69, 9.17) is 4.52 Å². The minimum Gasteiger partial charge on any atom is -0.345 e. The van der Waals surface area contributed by atoms with Gasteiger partial charge in [0.2, 0.25) is 0 Å². The molecule has 1 aromatic heterocycles. The Morgan fingerprint density at radius 1 is 1.20 bits per heavy atom. The third kappa shape index (κ3) is 3.55. The molecule has 25 heavy (non-hydrogen) atoms. The number of aromatic nitrogens is 2. The quantitative estimate of drug-likeness (QED) is 0.782. The summed E-state index contributed by atoms with van der Waals surface area (Å²) >= 11 is 0. The van der Waals surface area contributed by atoms with Crippen LogP contribution in [0.2, 0.25) is 0 Å². The zero-order valence-electron chi connectivity index (χ0n) is 13.6. The Morgan fingerprint density at radius 2 is 1.96 bits per heavy atom. The second-order valence-electron chi connectivity index (χ2n) is 5.55. The number of amides is 1. The monoisotopic (exact) mass is 343 g/mol. The van der Waals surface area contributed by atoms with E-state index in [-0.39, 0.29) is 11.5 Å². The molecule has 0 radical (unpaired) electrons. The first-order valence-electron chi connectivity index (χ1n) is 7.61. The average molecular weight is 343 g/mol. The first kappa shape index (κ1) is 16.8. The highest BCUT2D eigenvalue weighted by Crippen LogP contribution is 2.23. The Morgan fingerprint density at radius 3 is 2.64 bits per heavy atom. The van der Waals surface area contributed by atoms with E-state index in [9.17, 15) is 13.6 Å². The molecule has 1 N–H and O–H groups in total. The van der Waals surface area contributed by atoms with Crippen LogP contribution in [0.4, 0.5) is 8.78 Å². The van der Waals surface area contributed by atoms with Crippen LogP contribution in [0, 0.1) is 18.6 Å². The average Bonchev–Trinajstić information content (AvgIpc) is 3.01. The molecule has 3 rings (SSSR count). The summed E-state index contributed by atoms with van der Waals surface area (Å²) in [6, 6.07) is 9.33. The zero-order chi connectivity index (χ0) is 18.0. The van der Waals surface area contributed by atoms with Crippen molar-refractivity contribution in [1.29, 1.82) is 0 Å². The van der Waals surface area contributed by atoms with Gasteiger partial charge in [-0.25, -0.2) is 8.78 Å². The second kappa shape index (κ2) is 6.80. The molecule has 128 valence electrons. The van der Waals surface area contributed by atoms with Crippen molar-refractivity contribution in [2.24, 2.45) is 0 Å². The second-order valence-corrected chi connectivity index (χ2v) is 5.55. The van der Waals surface area contributed by atoms with E-state index >= 15 is 0 Å². The predicted molar refractivity (Wildman–Crippen MR) is 86.7 cm³/mol. The molecule has 7 heteroatoms. The normalized spacial score (nSPS) is 12.0. The standard InChI is InChI=1S/C18H15F2N3O2/c1-10(13-8-7-12(19)9-16(13)20)21-17(24)14-5-3-4-6-15(14)18-22-11(2)23-25-18/h3-10H,1-2H3,(H,21,24). The molecule has 1 heterocycles. The molecule has 2 aromatic carbocycles. The van der Waals surface area contributed by atoms with Crippen molar-refractivity contribution in [3.8, 4) is 11.5 Å². The highest BCUT2D eigenvalue weighted by molar-refractivity contribution is 6.00. The molecule has 5 nitrogen and oxygen atoms in total. The van der Waals surface area contributed by atoms with E-state index in [0.717, 1.165) is 12.1 Å². The smallest absolute Gasteiger partial charge is 0.258 e. The molecule has 0 fully saturated rings. The number of hydrogen-bond acceptors (Lipinski definition) is 4. The third-order valence-electron chi connectivity index (χ3n) is 3.71. The van der Waals surface area contributed by atoms with Gasteiger partial charge in [0, 0.05) is 11.6 Å². The molecule has 3 aromatic rings. The molecule has 0 aliphatic heterocycles. The summed E-state index contributed by atoms with van der Waals surface area (Å²) in [7, 11) is 0. The fourth-order valence-electron chi connectivity index (χ4n) is 2.48. The first-order valence-corrected chi connectivity index (χ1v) is 7.61. The molecule has 1 amide bonds. The van der Waals surface area contributed by atoms with Crippen LogP contribution in [-0.2, 0) is 0 Å². The molecular formula is C18H15F2N3O2. The molecule has 0 aliphatic rings. The number of hydrogen-bond donors (Lipinski definition) is 1. The number of nitrogens with one attached hydrogen (secondary N) is 1. The summed E-state index contributed by atoms with van der Waals surface area (Å²) in [5.41, 5.74) is 0.994. The molecule has 1 atom stereocenters. The Labute approximate surface area is 142 Å². The number of benzene rings is 2. The summed E-state index contributed by atoms with van der Waals surface area (Å²) < 4.78 is 32.0. The van der Waals surface area contributed by atoms with Gasteiger partial charge in [0.15, 0.2) is 5.82 Å². The van der Waals surface area contributed by atoms with Crippen molar-refractivity contribution < 1.29 is 18.1 Å². The Hall–Kier alpha value is -3.09. The van der Waals surface area contributed by atoms with Crippen molar-refractivity contribution in [3.05, 3.63) is 71.1 Å². The highest BCUT2D eigenvalue weighted by Gasteiger charge is 2.20. The Bertz CT molecular complexity index is 924. The Balaban J connectivity index is 1.87. The van der Waals surface area contributed by atoms with Gasteiger partial charge < -0.3 is 9.84 Å². The lowest BCUT2D eigenvalue weighted by atomic mass is 10.0. The maximum absolute atomic E-state index is 13.9. The Kier molecular flexibility index (Phi) is 4.56. The minimum absolute atomic E-state index is 0.195. The SMILES string of the molecule is Cc1noc(-c2ccccc2C(=O)NC(C)c2ccc(F)cc2F)n1. The van der Waals surface area contributed by atoms with Gasteiger partial charge in [-0.2, -0.15) is 4.98 Å². The topological polar surface area (TPSA) is 68.0 Å². The summed E-state index contributed by atoms with van der Waals surface area (Å²) in [5, 5.41) is 6.42. The van der Waals surface area contributed by atoms with Crippen LogP contribution in [0.25, 0.3) is 11.5 Å². The largest absolute Gasteiger partial charge is 0.345 e. The number of carbonyl (C=O) groups excluding carboxylic acids is 1. The number of halogens is 2. The van der Waals surface area contributed by atoms with Crippen LogP contribution < -0.4 is 5.32 Å². The van der Waals surface area contributed by atoms with Crippen molar-refractivity contribution in [3.63, 3.8) is 0 Å². The van der Waals surface area contributed by atoms with Crippen molar-refractivity contribution in [2.75, 3.05) is 0 Å². The van der Waals surface area contributed by atoms with E-state index < -0.39 is 23.6 Å². The lowest BCUT2D eigenvalue weighted by Gasteiger charge is -2.16. The van der Waals surface area contributed by atoms with E-state index in [1.807, 2.05) is 0 Å². The van der Waals surface area contributed by atoms with Crippen LogP contribution in [0.3, 0.4) is 0 Å². The van der Waals surface area contributed by atoms with Gasteiger partial charge in [0.05, 0.1) is 17.2 Å². The lowest BCUT2D eigenvalue weighted by Crippen LogP contribution is -2.27. The molecule has 0 saturated heterocycles. The van der Waals surface area contributed by atoms with Crippen LogP contribution >= 0.6 is 0 Å². The summed E-state index contributed by atoms with van der Waals surface area (Å²) in [4.78, 5) is 16.7. The highest BCUT2D eigenvalue weighted by atomic mass is 19.1. The van der Waals surface area contributed by atoms with Crippen LogP contribution in [-0.4, -0.2) is 16.0 Å². The zero-order valence-corrected chi connectivity index (χ0v) is 13.6. The molecule has 0 spiro atoms.